The number of nitrogens with one attached hydrogen (secondary N) is 3. The number of hydrogen-bond acceptors (Lipinski definition) is 6. The van der Waals surface area contributed by atoms with E-state index >= 15 is 0 Å². The van der Waals surface area contributed by atoms with Gasteiger partial charge in [-0.25, -0.2) is 13.4 Å². The van der Waals surface area contributed by atoms with Gasteiger partial charge in [0.1, 0.15) is 6.26 Å². The monoisotopic (exact) mass is 561 g/mol. The molecule has 0 bridgehead atoms. The summed E-state index contributed by atoms with van der Waals surface area (Å²) in [5, 5.41) is 8.95. The number of sulfone groups is 1. The van der Waals surface area contributed by atoms with Crippen LogP contribution >= 0.6 is 24.0 Å². The van der Waals surface area contributed by atoms with Gasteiger partial charge in [-0.1, -0.05) is 17.7 Å². The van der Waals surface area contributed by atoms with Crippen molar-refractivity contribution in [1.29, 1.82) is 0 Å². The molecule has 1 amide bonds. The Balaban J connectivity index is 0.00000341. The van der Waals surface area contributed by atoms with Crippen LogP contribution in [0.15, 0.2) is 39.9 Å². The number of oxazole rings is 1. The van der Waals surface area contributed by atoms with Crippen molar-refractivity contribution in [3.05, 3.63) is 41.8 Å². The predicted octanol–water partition coefficient (Wildman–Crippen LogP) is 1.63. The summed E-state index contributed by atoms with van der Waals surface area (Å²) >= 11 is 0. The van der Waals surface area contributed by atoms with Crippen LogP contribution in [0.3, 0.4) is 0 Å². The zero-order chi connectivity index (χ0) is 21.6. The molecule has 3 N–H and O–H groups in total. The average molecular weight is 561 g/mol. The van der Waals surface area contributed by atoms with E-state index < -0.39 is 9.84 Å². The van der Waals surface area contributed by atoms with E-state index in [2.05, 4.69) is 25.9 Å². The maximum Gasteiger partial charge on any atom is 0.226 e. The van der Waals surface area contributed by atoms with Gasteiger partial charge in [-0.2, -0.15) is 0 Å². The molecule has 0 saturated carbocycles. The van der Waals surface area contributed by atoms with E-state index in [0.717, 1.165) is 11.3 Å². The minimum Gasteiger partial charge on any atom is -0.444 e. The van der Waals surface area contributed by atoms with Gasteiger partial charge < -0.3 is 20.4 Å². The molecule has 170 valence electrons. The predicted molar refractivity (Wildman–Crippen MR) is 130 cm³/mol. The van der Waals surface area contributed by atoms with E-state index in [-0.39, 0.29) is 53.9 Å². The molecule has 9 nitrogen and oxygen atoms in total. The molecular formula is C20H28IN5O4S. The minimum atomic E-state index is -3.00. The Labute approximate surface area is 199 Å². The molecule has 0 aliphatic carbocycles. The lowest BCUT2D eigenvalue weighted by Crippen LogP contribution is -2.41. The lowest BCUT2D eigenvalue weighted by molar-refractivity contribution is -0.121. The number of halogens is 1. The van der Waals surface area contributed by atoms with Gasteiger partial charge in [-0.15, -0.1) is 24.0 Å². The molecule has 2 aromatic rings. The third-order valence-electron chi connectivity index (χ3n) is 4.75. The fraction of sp³-hybridized carbons (Fsp3) is 0.450. The molecule has 0 spiro atoms. The number of amides is 1. The SMILES string of the molecule is CN=C(NCCC(=O)NC1CCS(=O)(=O)C1)NCc1coc(-c2ccc(C)cc2)n1.I. The summed E-state index contributed by atoms with van der Waals surface area (Å²) < 4.78 is 28.4. The molecule has 1 aromatic heterocycles. The van der Waals surface area contributed by atoms with Gasteiger partial charge in [0.15, 0.2) is 15.8 Å². The zero-order valence-electron chi connectivity index (χ0n) is 17.6. The van der Waals surface area contributed by atoms with Crippen molar-refractivity contribution >= 4 is 45.7 Å². The average Bonchev–Trinajstić information content (AvgIpc) is 3.31. The summed E-state index contributed by atoms with van der Waals surface area (Å²) in [4.78, 5) is 20.6. The summed E-state index contributed by atoms with van der Waals surface area (Å²) in [5.74, 6) is 1.07. The third-order valence-corrected chi connectivity index (χ3v) is 6.52. The Morgan fingerprint density at radius 1 is 1.26 bits per heavy atom. The van der Waals surface area contributed by atoms with Crippen LogP contribution in [0.4, 0.5) is 0 Å². The van der Waals surface area contributed by atoms with Gasteiger partial charge in [-0.05, 0) is 25.5 Å². The number of carbonyl (C=O) groups excluding carboxylic acids is 1. The van der Waals surface area contributed by atoms with E-state index in [4.69, 9.17) is 4.42 Å². The molecule has 31 heavy (non-hydrogen) atoms. The maximum absolute atomic E-state index is 12.0. The number of benzene rings is 1. The fourth-order valence-corrected chi connectivity index (χ4v) is 4.79. The van der Waals surface area contributed by atoms with Crippen LogP contribution in [-0.2, 0) is 21.2 Å². The van der Waals surface area contributed by atoms with E-state index in [1.807, 2.05) is 31.2 Å². The van der Waals surface area contributed by atoms with Crippen LogP contribution in [0.5, 0.6) is 0 Å². The van der Waals surface area contributed by atoms with Gasteiger partial charge in [0.05, 0.1) is 23.7 Å². The second-order valence-electron chi connectivity index (χ2n) is 7.28. The van der Waals surface area contributed by atoms with Gasteiger partial charge in [0, 0.05) is 31.6 Å². The molecule has 2 heterocycles. The Kier molecular flexibility index (Phi) is 9.29. The number of carbonyl (C=O) groups is 1. The molecule has 1 atom stereocenters. The summed E-state index contributed by atoms with van der Waals surface area (Å²) in [6, 6.07) is 7.65. The molecule has 1 aliphatic heterocycles. The minimum absolute atomic E-state index is 0. The first-order valence-electron chi connectivity index (χ1n) is 9.80. The van der Waals surface area contributed by atoms with Crippen LogP contribution in [0.2, 0.25) is 0 Å². The van der Waals surface area contributed by atoms with Crippen LogP contribution in [0.1, 0.15) is 24.1 Å². The number of aryl methyl sites for hydroxylation is 1. The van der Waals surface area contributed by atoms with Gasteiger partial charge in [-0.3, -0.25) is 9.79 Å². The van der Waals surface area contributed by atoms with Crippen molar-refractivity contribution in [1.82, 2.24) is 20.9 Å². The van der Waals surface area contributed by atoms with E-state index in [9.17, 15) is 13.2 Å². The summed E-state index contributed by atoms with van der Waals surface area (Å²) in [6.07, 6.45) is 2.30. The highest BCUT2D eigenvalue weighted by Crippen LogP contribution is 2.19. The summed E-state index contributed by atoms with van der Waals surface area (Å²) in [6.45, 7) is 2.82. The molecule has 1 aliphatic rings. The normalized spacial score (nSPS) is 17.6. The van der Waals surface area contributed by atoms with Crippen molar-refractivity contribution < 1.29 is 17.6 Å². The molecule has 1 aromatic carbocycles. The van der Waals surface area contributed by atoms with Gasteiger partial charge in [0.2, 0.25) is 11.8 Å². The van der Waals surface area contributed by atoms with Crippen LogP contribution in [-0.4, -0.2) is 56.4 Å². The molecule has 0 radical (unpaired) electrons. The summed E-state index contributed by atoms with van der Waals surface area (Å²) in [5.41, 5.74) is 2.81. The Morgan fingerprint density at radius 2 is 2.00 bits per heavy atom. The Hall–Kier alpha value is -2.15. The fourth-order valence-electron chi connectivity index (χ4n) is 3.11. The largest absolute Gasteiger partial charge is 0.444 e. The number of nitrogens with zero attached hydrogens (tertiary/aromatic N) is 2. The van der Waals surface area contributed by atoms with E-state index in [1.54, 1.807) is 13.3 Å². The van der Waals surface area contributed by atoms with Crippen molar-refractivity contribution in [3.8, 4) is 11.5 Å². The molecule has 1 unspecified atom stereocenters. The highest BCUT2D eigenvalue weighted by atomic mass is 127. The van der Waals surface area contributed by atoms with Crippen LogP contribution in [0.25, 0.3) is 11.5 Å². The van der Waals surface area contributed by atoms with Crippen molar-refractivity contribution in [3.63, 3.8) is 0 Å². The first-order chi connectivity index (χ1) is 14.3. The molecule has 11 heteroatoms. The lowest BCUT2D eigenvalue weighted by Gasteiger charge is -2.13. The maximum atomic E-state index is 12.0. The van der Waals surface area contributed by atoms with Crippen LogP contribution < -0.4 is 16.0 Å². The smallest absolute Gasteiger partial charge is 0.226 e. The Morgan fingerprint density at radius 3 is 2.65 bits per heavy atom. The zero-order valence-corrected chi connectivity index (χ0v) is 20.7. The standard InChI is InChI=1S/C20H27N5O4S.HI/c1-14-3-5-15(6-4-14)19-25-17(12-29-19)11-23-20(21-2)22-9-7-18(26)24-16-8-10-30(27,28)13-16;/h3-6,12,16H,7-11,13H2,1-2H3,(H,24,26)(H2,21,22,23);1H. The molecule has 3 rings (SSSR count). The van der Waals surface area contributed by atoms with E-state index in [0.29, 0.717) is 31.4 Å². The lowest BCUT2D eigenvalue weighted by atomic mass is 10.1. The highest BCUT2D eigenvalue weighted by Gasteiger charge is 2.28. The molecular weight excluding hydrogens is 533 g/mol. The van der Waals surface area contributed by atoms with E-state index in [1.165, 1.54) is 5.56 Å². The second kappa shape index (κ2) is 11.5. The van der Waals surface area contributed by atoms with Crippen molar-refractivity contribution in [2.75, 3.05) is 25.1 Å². The summed E-state index contributed by atoms with van der Waals surface area (Å²) in [7, 11) is -1.37. The number of guanidine groups is 1. The van der Waals surface area contributed by atoms with Crippen molar-refractivity contribution in [2.45, 2.75) is 32.4 Å². The quantitative estimate of drug-likeness (QED) is 0.267. The first kappa shape index (κ1) is 25.1. The topological polar surface area (TPSA) is 126 Å². The van der Waals surface area contributed by atoms with Gasteiger partial charge >= 0.3 is 0 Å². The first-order valence-corrected chi connectivity index (χ1v) is 11.6. The number of aliphatic imine (C=N–C) groups is 1. The Bertz CT molecular complexity index is 1000. The van der Waals surface area contributed by atoms with Gasteiger partial charge in [0.25, 0.3) is 0 Å². The highest BCUT2D eigenvalue weighted by molar-refractivity contribution is 14.0. The van der Waals surface area contributed by atoms with Crippen LogP contribution in [0, 0.1) is 6.92 Å². The number of aromatic nitrogens is 1. The van der Waals surface area contributed by atoms with Crippen molar-refractivity contribution in [2.24, 2.45) is 4.99 Å². The molecule has 1 saturated heterocycles. The second-order valence-corrected chi connectivity index (χ2v) is 9.51. The molecule has 1 fully saturated rings. The number of hydrogen-bond donors (Lipinski definition) is 3. The third kappa shape index (κ3) is 7.80. The number of rotatable bonds is 7.